The summed E-state index contributed by atoms with van der Waals surface area (Å²) >= 11 is 0. The van der Waals surface area contributed by atoms with E-state index in [1.54, 1.807) is 17.9 Å². The molecule has 1 aliphatic heterocycles. The van der Waals surface area contributed by atoms with E-state index in [4.69, 9.17) is 14.9 Å². The van der Waals surface area contributed by atoms with E-state index in [9.17, 15) is 4.79 Å². The lowest BCUT2D eigenvalue weighted by atomic mass is 10.1. The Kier molecular flexibility index (Phi) is 3.49. The summed E-state index contributed by atoms with van der Waals surface area (Å²) in [5.74, 6) is 0.642. The number of carbonyl (C=O) groups is 1. The molecule has 5 nitrogen and oxygen atoms in total. The number of amides is 1. The SMILES string of the molecule is Cc1occc1C(=O)N1CC(C)OC(CN)C1. The summed E-state index contributed by atoms with van der Waals surface area (Å²) in [7, 11) is 0. The highest BCUT2D eigenvalue weighted by Gasteiger charge is 2.29. The van der Waals surface area contributed by atoms with E-state index in [0.717, 1.165) is 0 Å². The molecule has 1 fully saturated rings. The van der Waals surface area contributed by atoms with Gasteiger partial charge in [0.15, 0.2) is 0 Å². The lowest BCUT2D eigenvalue weighted by Crippen LogP contribution is -2.51. The summed E-state index contributed by atoms with van der Waals surface area (Å²) in [6.07, 6.45) is 1.48. The fourth-order valence-corrected chi connectivity index (χ4v) is 2.12. The van der Waals surface area contributed by atoms with Gasteiger partial charge in [-0.25, -0.2) is 0 Å². The predicted octanol–water partition coefficient (Wildman–Crippen LogP) is 0.776. The minimum Gasteiger partial charge on any atom is -0.469 e. The Balaban J connectivity index is 2.11. The van der Waals surface area contributed by atoms with Crippen LogP contribution in [0, 0.1) is 6.92 Å². The second kappa shape index (κ2) is 4.89. The van der Waals surface area contributed by atoms with Gasteiger partial charge in [0.2, 0.25) is 0 Å². The number of aryl methyl sites for hydroxylation is 1. The molecular formula is C12H18N2O3. The van der Waals surface area contributed by atoms with Crippen LogP contribution in [0.2, 0.25) is 0 Å². The van der Waals surface area contributed by atoms with Crippen molar-refractivity contribution in [2.45, 2.75) is 26.1 Å². The Morgan fingerprint density at radius 2 is 2.35 bits per heavy atom. The smallest absolute Gasteiger partial charge is 0.257 e. The zero-order chi connectivity index (χ0) is 12.4. The van der Waals surface area contributed by atoms with Crippen molar-refractivity contribution in [1.82, 2.24) is 4.90 Å². The molecule has 17 heavy (non-hydrogen) atoms. The number of morpholine rings is 1. The van der Waals surface area contributed by atoms with Gasteiger partial charge in [0.05, 0.1) is 24.0 Å². The first kappa shape index (κ1) is 12.1. The summed E-state index contributed by atoms with van der Waals surface area (Å²) < 4.78 is 10.8. The van der Waals surface area contributed by atoms with Crippen LogP contribution in [-0.2, 0) is 4.74 Å². The topological polar surface area (TPSA) is 68.7 Å². The molecule has 0 radical (unpaired) electrons. The Morgan fingerprint density at radius 1 is 1.59 bits per heavy atom. The van der Waals surface area contributed by atoms with Crippen molar-refractivity contribution in [3.8, 4) is 0 Å². The van der Waals surface area contributed by atoms with Crippen molar-refractivity contribution in [1.29, 1.82) is 0 Å². The highest BCUT2D eigenvalue weighted by atomic mass is 16.5. The van der Waals surface area contributed by atoms with Crippen LogP contribution in [0.4, 0.5) is 0 Å². The van der Waals surface area contributed by atoms with E-state index in [1.807, 2.05) is 6.92 Å². The van der Waals surface area contributed by atoms with Crippen molar-refractivity contribution in [3.05, 3.63) is 23.7 Å². The van der Waals surface area contributed by atoms with E-state index in [1.165, 1.54) is 6.26 Å². The molecule has 0 saturated carbocycles. The van der Waals surface area contributed by atoms with Crippen molar-refractivity contribution >= 4 is 5.91 Å². The molecule has 2 atom stereocenters. The molecule has 1 saturated heterocycles. The summed E-state index contributed by atoms with van der Waals surface area (Å²) in [5, 5.41) is 0. The van der Waals surface area contributed by atoms with Crippen LogP contribution in [0.15, 0.2) is 16.7 Å². The molecule has 2 N–H and O–H groups in total. The van der Waals surface area contributed by atoms with Gasteiger partial charge in [-0.15, -0.1) is 0 Å². The minimum atomic E-state index is -0.0742. The maximum atomic E-state index is 12.3. The summed E-state index contributed by atoms with van der Waals surface area (Å²) in [6, 6.07) is 1.70. The number of carbonyl (C=O) groups excluding carboxylic acids is 1. The van der Waals surface area contributed by atoms with Gasteiger partial charge in [0.1, 0.15) is 5.76 Å². The van der Waals surface area contributed by atoms with Gasteiger partial charge in [0.25, 0.3) is 5.91 Å². The lowest BCUT2D eigenvalue weighted by molar-refractivity contribution is -0.0626. The maximum Gasteiger partial charge on any atom is 0.257 e. The summed E-state index contributed by atoms with van der Waals surface area (Å²) in [4.78, 5) is 14.0. The third-order valence-electron chi connectivity index (χ3n) is 2.97. The summed E-state index contributed by atoms with van der Waals surface area (Å²) in [5.41, 5.74) is 6.22. The van der Waals surface area contributed by atoms with Gasteiger partial charge in [-0.05, 0) is 19.9 Å². The standard InChI is InChI=1S/C12H18N2O3/c1-8-6-14(7-10(5-13)17-8)12(15)11-3-4-16-9(11)2/h3-4,8,10H,5-7,13H2,1-2H3. The molecule has 0 spiro atoms. The fraction of sp³-hybridized carbons (Fsp3) is 0.583. The first-order valence-electron chi connectivity index (χ1n) is 5.80. The second-order valence-electron chi connectivity index (χ2n) is 4.41. The number of rotatable bonds is 2. The van der Waals surface area contributed by atoms with Crippen molar-refractivity contribution in [3.63, 3.8) is 0 Å². The van der Waals surface area contributed by atoms with Crippen molar-refractivity contribution < 1.29 is 13.9 Å². The molecule has 2 heterocycles. The lowest BCUT2D eigenvalue weighted by Gasteiger charge is -2.36. The van der Waals surface area contributed by atoms with E-state index in [0.29, 0.717) is 31.0 Å². The van der Waals surface area contributed by atoms with Crippen molar-refractivity contribution in [2.75, 3.05) is 19.6 Å². The van der Waals surface area contributed by atoms with Crippen LogP contribution in [0.25, 0.3) is 0 Å². The zero-order valence-corrected chi connectivity index (χ0v) is 10.2. The van der Waals surface area contributed by atoms with Gasteiger partial charge >= 0.3 is 0 Å². The molecule has 1 aromatic rings. The Hall–Kier alpha value is -1.33. The number of furan rings is 1. The van der Waals surface area contributed by atoms with Crippen molar-refractivity contribution in [2.24, 2.45) is 5.73 Å². The molecule has 0 bridgehead atoms. The predicted molar refractivity (Wildman–Crippen MR) is 62.7 cm³/mol. The number of ether oxygens (including phenoxy) is 1. The fourth-order valence-electron chi connectivity index (χ4n) is 2.12. The van der Waals surface area contributed by atoms with Crippen LogP contribution in [0.5, 0.6) is 0 Å². The van der Waals surface area contributed by atoms with E-state index in [-0.39, 0.29) is 18.1 Å². The third-order valence-corrected chi connectivity index (χ3v) is 2.97. The highest BCUT2D eigenvalue weighted by molar-refractivity contribution is 5.95. The maximum absolute atomic E-state index is 12.3. The average Bonchev–Trinajstić information content (AvgIpc) is 2.73. The average molecular weight is 238 g/mol. The molecule has 1 aliphatic rings. The molecule has 2 unspecified atom stereocenters. The van der Waals surface area contributed by atoms with Crippen LogP contribution in [0.1, 0.15) is 23.0 Å². The first-order chi connectivity index (χ1) is 8.11. The van der Waals surface area contributed by atoms with Crippen LogP contribution in [0.3, 0.4) is 0 Å². The number of hydrogen-bond acceptors (Lipinski definition) is 4. The van der Waals surface area contributed by atoms with Crippen LogP contribution in [-0.4, -0.2) is 42.6 Å². The Bertz CT molecular complexity index is 402. The van der Waals surface area contributed by atoms with E-state index in [2.05, 4.69) is 0 Å². The molecule has 2 rings (SSSR count). The molecule has 5 heteroatoms. The molecule has 0 aliphatic carbocycles. The first-order valence-corrected chi connectivity index (χ1v) is 5.80. The quantitative estimate of drug-likeness (QED) is 0.826. The van der Waals surface area contributed by atoms with Gasteiger partial charge < -0.3 is 19.8 Å². The van der Waals surface area contributed by atoms with Gasteiger partial charge in [0, 0.05) is 19.6 Å². The van der Waals surface area contributed by atoms with Gasteiger partial charge in [-0.3, -0.25) is 4.79 Å². The molecule has 1 aromatic heterocycles. The highest BCUT2D eigenvalue weighted by Crippen LogP contribution is 2.17. The normalized spacial score (nSPS) is 25.0. The minimum absolute atomic E-state index is 0.00940. The monoisotopic (exact) mass is 238 g/mol. The molecular weight excluding hydrogens is 220 g/mol. The van der Waals surface area contributed by atoms with Gasteiger partial charge in [-0.1, -0.05) is 0 Å². The summed E-state index contributed by atoms with van der Waals surface area (Å²) in [6.45, 7) is 5.31. The van der Waals surface area contributed by atoms with Gasteiger partial charge in [-0.2, -0.15) is 0 Å². The largest absolute Gasteiger partial charge is 0.469 e. The van der Waals surface area contributed by atoms with E-state index >= 15 is 0 Å². The molecule has 1 amide bonds. The van der Waals surface area contributed by atoms with Crippen LogP contribution >= 0.6 is 0 Å². The molecule has 0 aromatic carbocycles. The zero-order valence-electron chi connectivity index (χ0n) is 10.2. The molecule has 94 valence electrons. The number of nitrogens with zero attached hydrogens (tertiary/aromatic N) is 1. The van der Waals surface area contributed by atoms with Crippen LogP contribution < -0.4 is 5.73 Å². The Morgan fingerprint density at radius 3 is 2.94 bits per heavy atom. The number of nitrogens with two attached hydrogens (primary N) is 1. The second-order valence-corrected chi connectivity index (χ2v) is 4.41. The Labute approximate surface area is 101 Å². The van der Waals surface area contributed by atoms with E-state index < -0.39 is 0 Å². The number of hydrogen-bond donors (Lipinski definition) is 1. The third kappa shape index (κ3) is 2.50.